The molecule has 1 heterocycles. The highest BCUT2D eigenvalue weighted by atomic mass is 19.3. The second kappa shape index (κ2) is 5.39. The van der Waals surface area contributed by atoms with E-state index in [0.717, 1.165) is 5.56 Å². The molecule has 0 saturated carbocycles. The molecule has 2 rings (SSSR count). The predicted octanol–water partition coefficient (Wildman–Crippen LogP) is 2.13. The summed E-state index contributed by atoms with van der Waals surface area (Å²) in [5, 5.41) is 6.22. The Labute approximate surface area is 102 Å². The third kappa shape index (κ3) is 2.91. The third-order valence-corrected chi connectivity index (χ3v) is 2.36. The first-order valence-electron chi connectivity index (χ1n) is 5.31. The van der Waals surface area contributed by atoms with Crippen LogP contribution in [0.15, 0.2) is 42.7 Å². The molecule has 0 aliphatic heterocycles. The standard InChI is InChI=1S/C12H11F2N3O/c13-11(14)12(18)16-10-5-2-1-4-9(10)8-17-7-3-6-15-17/h1-7,11H,8H2,(H,16,18). The van der Waals surface area contributed by atoms with E-state index in [4.69, 9.17) is 0 Å². The summed E-state index contributed by atoms with van der Waals surface area (Å²) >= 11 is 0. The van der Waals surface area contributed by atoms with Gasteiger partial charge >= 0.3 is 6.43 Å². The van der Waals surface area contributed by atoms with E-state index in [-0.39, 0.29) is 0 Å². The Morgan fingerprint density at radius 1 is 1.33 bits per heavy atom. The Morgan fingerprint density at radius 2 is 2.11 bits per heavy atom. The van der Waals surface area contributed by atoms with Crippen molar-refractivity contribution in [1.82, 2.24) is 9.78 Å². The average molecular weight is 251 g/mol. The zero-order chi connectivity index (χ0) is 13.0. The van der Waals surface area contributed by atoms with Crippen LogP contribution in [0.1, 0.15) is 5.56 Å². The van der Waals surface area contributed by atoms with E-state index in [2.05, 4.69) is 10.4 Å². The van der Waals surface area contributed by atoms with Gasteiger partial charge in [0.15, 0.2) is 0 Å². The first-order chi connectivity index (χ1) is 8.66. The summed E-state index contributed by atoms with van der Waals surface area (Å²) in [5.41, 5.74) is 1.09. The number of halogens is 2. The summed E-state index contributed by atoms with van der Waals surface area (Å²) in [6.45, 7) is 0.409. The van der Waals surface area contributed by atoms with Gasteiger partial charge in [-0.1, -0.05) is 18.2 Å². The Morgan fingerprint density at radius 3 is 2.78 bits per heavy atom. The summed E-state index contributed by atoms with van der Waals surface area (Å²) in [6.07, 6.45) is 0.356. The first-order valence-corrected chi connectivity index (χ1v) is 5.31. The molecule has 0 spiro atoms. The molecule has 6 heteroatoms. The molecule has 18 heavy (non-hydrogen) atoms. The maximum absolute atomic E-state index is 12.2. The highest BCUT2D eigenvalue weighted by Gasteiger charge is 2.16. The molecule has 4 nitrogen and oxygen atoms in total. The minimum absolute atomic E-state index is 0.373. The number of nitrogens with zero attached hydrogens (tertiary/aromatic N) is 2. The number of anilines is 1. The van der Waals surface area contributed by atoms with E-state index in [1.807, 2.05) is 0 Å². The lowest BCUT2D eigenvalue weighted by molar-refractivity contribution is -0.126. The summed E-state index contributed by atoms with van der Waals surface area (Å²) in [5.74, 6) is -1.30. The molecule has 0 radical (unpaired) electrons. The van der Waals surface area contributed by atoms with Crippen molar-refractivity contribution in [3.8, 4) is 0 Å². The van der Waals surface area contributed by atoms with Gasteiger partial charge in [-0.25, -0.2) is 0 Å². The number of amides is 1. The van der Waals surface area contributed by atoms with Crippen LogP contribution < -0.4 is 5.32 Å². The highest BCUT2D eigenvalue weighted by molar-refractivity contribution is 5.93. The van der Waals surface area contributed by atoms with Gasteiger partial charge < -0.3 is 5.32 Å². The molecule has 0 aliphatic carbocycles. The number of carbonyl (C=O) groups is 1. The third-order valence-electron chi connectivity index (χ3n) is 2.36. The van der Waals surface area contributed by atoms with Gasteiger partial charge in [-0.05, 0) is 17.7 Å². The zero-order valence-corrected chi connectivity index (χ0v) is 9.38. The van der Waals surface area contributed by atoms with E-state index in [0.29, 0.717) is 12.2 Å². The zero-order valence-electron chi connectivity index (χ0n) is 9.38. The van der Waals surface area contributed by atoms with Crippen LogP contribution in [0.5, 0.6) is 0 Å². The van der Waals surface area contributed by atoms with Crippen molar-refractivity contribution in [2.45, 2.75) is 13.0 Å². The molecule has 1 N–H and O–H groups in total. The summed E-state index contributed by atoms with van der Waals surface area (Å²) in [7, 11) is 0. The topological polar surface area (TPSA) is 46.9 Å². The fourth-order valence-corrected chi connectivity index (χ4v) is 1.54. The van der Waals surface area contributed by atoms with E-state index < -0.39 is 12.3 Å². The number of hydrogen-bond donors (Lipinski definition) is 1. The molecule has 0 fully saturated rings. The molecule has 0 saturated heterocycles. The van der Waals surface area contributed by atoms with E-state index in [9.17, 15) is 13.6 Å². The number of carbonyl (C=O) groups excluding carboxylic acids is 1. The Kier molecular flexibility index (Phi) is 3.66. The Bertz CT molecular complexity index is 526. The minimum Gasteiger partial charge on any atom is -0.321 e. The van der Waals surface area contributed by atoms with Crippen molar-refractivity contribution in [1.29, 1.82) is 0 Å². The number of alkyl halides is 2. The number of benzene rings is 1. The predicted molar refractivity (Wildman–Crippen MR) is 62.4 cm³/mol. The largest absolute Gasteiger partial charge is 0.321 e. The molecule has 1 amide bonds. The van der Waals surface area contributed by atoms with Crippen molar-refractivity contribution >= 4 is 11.6 Å². The molecule has 0 bridgehead atoms. The molecule has 0 atom stereocenters. The molecule has 0 aliphatic rings. The van der Waals surface area contributed by atoms with Gasteiger partial charge in [0.25, 0.3) is 5.91 Å². The van der Waals surface area contributed by atoms with Crippen molar-refractivity contribution in [3.05, 3.63) is 48.3 Å². The van der Waals surface area contributed by atoms with Crippen LogP contribution in [0.2, 0.25) is 0 Å². The normalized spacial score (nSPS) is 10.6. The first kappa shape index (κ1) is 12.2. The maximum atomic E-state index is 12.2. The van der Waals surface area contributed by atoms with Crippen molar-refractivity contribution < 1.29 is 13.6 Å². The van der Waals surface area contributed by atoms with Crippen molar-refractivity contribution in [2.24, 2.45) is 0 Å². The molecule has 0 unspecified atom stereocenters. The smallest absolute Gasteiger partial charge is 0.315 e. The Hall–Kier alpha value is -2.24. The fourth-order valence-electron chi connectivity index (χ4n) is 1.54. The number of nitrogens with one attached hydrogen (secondary N) is 1. The van der Waals surface area contributed by atoms with Crippen molar-refractivity contribution in [2.75, 3.05) is 5.32 Å². The van der Waals surface area contributed by atoms with Crippen LogP contribution in [0, 0.1) is 0 Å². The van der Waals surface area contributed by atoms with Gasteiger partial charge in [0, 0.05) is 18.1 Å². The highest BCUT2D eigenvalue weighted by Crippen LogP contribution is 2.16. The maximum Gasteiger partial charge on any atom is 0.315 e. The second-order valence-electron chi connectivity index (χ2n) is 3.65. The minimum atomic E-state index is -3.03. The lowest BCUT2D eigenvalue weighted by atomic mass is 10.1. The summed E-state index contributed by atoms with van der Waals surface area (Å²) in [6, 6.07) is 8.55. The van der Waals surface area contributed by atoms with Crippen LogP contribution in [0.25, 0.3) is 0 Å². The number of hydrogen-bond acceptors (Lipinski definition) is 2. The van der Waals surface area contributed by atoms with Gasteiger partial charge in [0.1, 0.15) is 0 Å². The second-order valence-corrected chi connectivity index (χ2v) is 3.65. The van der Waals surface area contributed by atoms with E-state index in [1.165, 1.54) is 0 Å². The van der Waals surface area contributed by atoms with Crippen molar-refractivity contribution in [3.63, 3.8) is 0 Å². The van der Waals surface area contributed by atoms with Gasteiger partial charge in [-0.3, -0.25) is 9.48 Å². The number of aromatic nitrogens is 2. The van der Waals surface area contributed by atoms with Gasteiger partial charge in [-0.2, -0.15) is 13.9 Å². The van der Waals surface area contributed by atoms with Gasteiger partial charge in [-0.15, -0.1) is 0 Å². The fraction of sp³-hybridized carbons (Fsp3) is 0.167. The Balaban J connectivity index is 2.18. The van der Waals surface area contributed by atoms with E-state index >= 15 is 0 Å². The monoisotopic (exact) mass is 251 g/mol. The molecule has 1 aromatic heterocycles. The number of para-hydroxylation sites is 1. The van der Waals surface area contributed by atoms with Gasteiger partial charge in [0.2, 0.25) is 0 Å². The van der Waals surface area contributed by atoms with Crippen LogP contribution in [0.3, 0.4) is 0 Å². The lowest BCUT2D eigenvalue weighted by Gasteiger charge is -2.10. The molecular weight excluding hydrogens is 240 g/mol. The van der Waals surface area contributed by atoms with E-state index in [1.54, 1.807) is 47.4 Å². The molecular formula is C12H11F2N3O. The molecule has 1 aromatic carbocycles. The number of rotatable bonds is 4. The lowest BCUT2D eigenvalue weighted by Crippen LogP contribution is -2.21. The van der Waals surface area contributed by atoms with Crippen LogP contribution in [-0.2, 0) is 11.3 Å². The average Bonchev–Trinajstić information content (AvgIpc) is 2.84. The molecule has 94 valence electrons. The van der Waals surface area contributed by atoms with Crippen LogP contribution >= 0.6 is 0 Å². The summed E-state index contributed by atoms with van der Waals surface area (Å²) < 4.78 is 26.0. The SMILES string of the molecule is O=C(Nc1ccccc1Cn1cccn1)C(F)F. The van der Waals surface area contributed by atoms with Crippen LogP contribution in [0.4, 0.5) is 14.5 Å². The van der Waals surface area contributed by atoms with Crippen LogP contribution in [-0.4, -0.2) is 22.1 Å². The molecule has 2 aromatic rings. The van der Waals surface area contributed by atoms with Gasteiger partial charge in [0.05, 0.1) is 6.54 Å². The summed E-state index contributed by atoms with van der Waals surface area (Å²) in [4.78, 5) is 11.0. The quantitative estimate of drug-likeness (QED) is 0.904.